The first kappa shape index (κ1) is 33.3. The second-order valence-electron chi connectivity index (χ2n) is 11.7. The lowest BCUT2D eigenvalue weighted by atomic mass is 10.1. The van der Waals surface area contributed by atoms with Crippen LogP contribution in [0.5, 0.6) is 17.2 Å². The summed E-state index contributed by atoms with van der Waals surface area (Å²) in [6.45, 7) is 1.64. The summed E-state index contributed by atoms with van der Waals surface area (Å²) in [5.74, 6) is 1.06. The molecule has 0 aliphatic rings. The molecule has 0 fully saturated rings. The number of carboxylic acid groups (broad SMARTS) is 1. The summed E-state index contributed by atoms with van der Waals surface area (Å²) in [5, 5.41) is 17.6. The predicted octanol–water partition coefficient (Wildman–Crippen LogP) is 8.42. The Morgan fingerprint density at radius 2 is 1.11 bits per heavy atom. The lowest BCUT2D eigenvalue weighted by Crippen LogP contribution is -2.07. The summed E-state index contributed by atoms with van der Waals surface area (Å²) in [5.41, 5.74) is 5.08. The smallest absolute Gasteiger partial charge is 0.303 e. The van der Waals surface area contributed by atoms with Gasteiger partial charge < -0.3 is 19.3 Å². The molecule has 8 nitrogen and oxygen atoms in total. The molecule has 244 valence electrons. The van der Waals surface area contributed by atoms with Crippen LogP contribution in [-0.4, -0.2) is 26.1 Å². The van der Waals surface area contributed by atoms with Crippen molar-refractivity contribution in [3.8, 4) is 17.2 Å². The highest BCUT2D eigenvalue weighted by molar-refractivity contribution is 5.66. The molecule has 1 aromatic heterocycles. The fourth-order valence-electron chi connectivity index (χ4n) is 5.29. The summed E-state index contributed by atoms with van der Waals surface area (Å²) in [4.78, 5) is 10.7. The van der Waals surface area contributed by atoms with E-state index in [-0.39, 0.29) is 6.42 Å². The van der Waals surface area contributed by atoms with Crippen LogP contribution in [0.4, 0.5) is 0 Å². The van der Waals surface area contributed by atoms with Gasteiger partial charge in [0, 0.05) is 12.6 Å². The fraction of sp³-hybridized carbons (Fsp3) is 0.308. The van der Waals surface area contributed by atoms with Crippen LogP contribution in [0.1, 0.15) is 72.9 Å². The second-order valence-corrected chi connectivity index (χ2v) is 11.7. The van der Waals surface area contributed by atoms with Crippen molar-refractivity contribution >= 4 is 5.97 Å². The summed E-state index contributed by atoms with van der Waals surface area (Å²) < 4.78 is 21.1. The van der Waals surface area contributed by atoms with Crippen molar-refractivity contribution in [1.82, 2.24) is 15.0 Å². The summed E-state index contributed by atoms with van der Waals surface area (Å²) in [6.07, 6.45) is 9.12. The molecule has 1 heterocycles. The number of aromatic nitrogens is 3. The van der Waals surface area contributed by atoms with E-state index in [0.717, 1.165) is 72.9 Å². The number of aryl methyl sites for hydroxylation is 1. The van der Waals surface area contributed by atoms with Gasteiger partial charge in [-0.25, -0.2) is 4.68 Å². The molecule has 0 aliphatic heterocycles. The summed E-state index contributed by atoms with van der Waals surface area (Å²) in [6, 6.07) is 34.2. The van der Waals surface area contributed by atoms with E-state index < -0.39 is 5.97 Å². The maximum atomic E-state index is 10.7. The van der Waals surface area contributed by atoms with E-state index in [0.29, 0.717) is 43.6 Å². The highest BCUT2D eigenvalue weighted by Crippen LogP contribution is 2.40. The molecule has 47 heavy (non-hydrogen) atoms. The Labute approximate surface area is 276 Å². The van der Waals surface area contributed by atoms with Crippen molar-refractivity contribution in [3.63, 3.8) is 0 Å². The zero-order valence-corrected chi connectivity index (χ0v) is 26.8. The minimum Gasteiger partial charge on any atom is -0.485 e. The van der Waals surface area contributed by atoms with Crippen LogP contribution in [0.25, 0.3) is 0 Å². The van der Waals surface area contributed by atoms with Crippen LogP contribution in [0.3, 0.4) is 0 Å². The lowest BCUT2D eigenvalue weighted by Gasteiger charge is -2.19. The van der Waals surface area contributed by atoms with E-state index in [9.17, 15) is 4.79 Å². The van der Waals surface area contributed by atoms with Gasteiger partial charge in [0.2, 0.25) is 5.75 Å². The highest BCUT2D eigenvalue weighted by Gasteiger charge is 2.18. The molecule has 0 aliphatic carbocycles. The minimum absolute atomic E-state index is 0.258. The summed E-state index contributed by atoms with van der Waals surface area (Å²) >= 11 is 0. The van der Waals surface area contributed by atoms with Crippen LogP contribution in [0.15, 0.2) is 109 Å². The lowest BCUT2D eigenvalue weighted by molar-refractivity contribution is -0.137. The number of carboxylic acids is 1. The maximum absolute atomic E-state index is 10.7. The zero-order chi connectivity index (χ0) is 32.5. The molecule has 0 unspecified atom stereocenters. The molecule has 0 bridgehead atoms. The van der Waals surface area contributed by atoms with Crippen LogP contribution in [0, 0.1) is 0 Å². The fourth-order valence-corrected chi connectivity index (χ4v) is 5.29. The molecule has 0 amide bonds. The number of nitrogens with zero attached hydrogens (tertiary/aromatic N) is 3. The SMILES string of the molecule is O=C(O)CCCCCCCCc1cn(Cc2cc(OCc3ccccc3)c(OCc3ccccc3)c(OCc3ccccc3)c2)nn1. The minimum atomic E-state index is -0.715. The van der Waals surface area contributed by atoms with Crippen molar-refractivity contribution < 1.29 is 24.1 Å². The van der Waals surface area contributed by atoms with Gasteiger partial charge in [0.1, 0.15) is 19.8 Å². The largest absolute Gasteiger partial charge is 0.485 e. The molecule has 8 heteroatoms. The van der Waals surface area contributed by atoms with Gasteiger partial charge in [-0.1, -0.05) is 122 Å². The van der Waals surface area contributed by atoms with E-state index in [1.54, 1.807) is 0 Å². The number of hydrogen-bond donors (Lipinski definition) is 1. The number of rotatable bonds is 20. The number of ether oxygens (including phenoxy) is 3. The van der Waals surface area contributed by atoms with Gasteiger partial charge in [0.05, 0.1) is 12.2 Å². The zero-order valence-electron chi connectivity index (χ0n) is 26.8. The number of carbonyl (C=O) groups is 1. The average Bonchev–Trinajstić information content (AvgIpc) is 3.55. The number of unbranched alkanes of at least 4 members (excludes halogenated alkanes) is 5. The Kier molecular flexibility index (Phi) is 12.8. The molecule has 1 N–H and O–H groups in total. The Morgan fingerprint density at radius 3 is 1.64 bits per heavy atom. The number of hydrogen-bond acceptors (Lipinski definition) is 6. The van der Waals surface area contributed by atoms with Gasteiger partial charge >= 0.3 is 5.97 Å². The number of benzene rings is 4. The molecule has 0 saturated heterocycles. The van der Waals surface area contributed by atoms with Crippen molar-refractivity contribution in [2.24, 2.45) is 0 Å². The molecule has 4 aromatic carbocycles. The van der Waals surface area contributed by atoms with Crippen LogP contribution in [0.2, 0.25) is 0 Å². The third kappa shape index (κ3) is 11.3. The number of aliphatic carboxylic acids is 1. The molecule has 0 spiro atoms. The van der Waals surface area contributed by atoms with Crippen LogP contribution >= 0.6 is 0 Å². The van der Waals surface area contributed by atoms with Crippen LogP contribution < -0.4 is 14.2 Å². The van der Waals surface area contributed by atoms with Gasteiger partial charge in [-0.15, -0.1) is 5.10 Å². The Morgan fingerprint density at radius 1 is 0.617 bits per heavy atom. The van der Waals surface area contributed by atoms with Crippen molar-refractivity contribution in [2.45, 2.75) is 77.7 Å². The Hall–Kier alpha value is -5.11. The quantitative estimate of drug-likeness (QED) is 0.0860. The monoisotopic (exact) mass is 633 g/mol. The average molecular weight is 634 g/mol. The van der Waals surface area contributed by atoms with E-state index >= 15 is 0 Å². The van der Waals surface area contributed by atoms with Crippen molar-refractivity contribution in [2.75, 3.05) is 0 Å². The van der Waals surface area contributed by atoms with Gasteiger partial charge in [-0.3, -0.25) is 4.79 Å². The van der Waals surface area contributed by atoms with Crippen molar-refractivity contribution in [1.29, 1.82) is 0 Å². The highest BCUT2D eigenvalue weighted by atomic mass is 16.5. The Bertz CT molecular complexity index is 1580. The second kappa shape index (κ2) is 18.1. The molecule has 5 aromatic rings. The van der Waals surface area contributed by atoms with E-state index in [4.69, 9.17) is 19.3 Å². The van der Waals surface area contributed by atoms with E-state index in [1.165, 1.54) is 0 Å². The predicted molar refractivity (Wildman–Crippen MR) is 182 cm³/mol. The standard InChI is InChI=1S/C39H43N3O5/c43-38(44)23-15-4-2-1-3-14-22-35-27-42(41-40-35)26-34-24-36(45-28-31-16-8-5-9-17-31)39(47-30-33-20-12-7-13-21-33)37(25-34)46-29-32-18-10-6-11-19-32/h5-13,16-21,24-25,27H,1-4,14-15,22-23,26,28-30H2,(H,43,44). The molecular weight excluding hydrogens is 590 g/mol. The topological polar surface area (TPSA) is 95.7 Å². The first-order valence-corrected chi connectivity index (χ1v) is 16.4. The third-order valence-corrected chi connectivity index (χ3v) is 7.79. The normalized spacial score (nSPS) is 10.9. The van der Waals surface area contributed by atoms with Crippen molar-refractivity contribution in [3.05, 3.63) is 137 Å². The molecular formula is C39H43N3O5. The first-order chi connectivity index (χ1) is 23.1. The van der Waals surface area contributed by atoms with Gasteiger partial charge in [-0.05, 0) is 53.6 Å². The van der Waals surface area contributed by atoms with E-state index in [1.807, 2.05) is 114 Å². The molecule has 0 saturated carbocycles. The molecule has 5 rings (SSSR count). The summed E-state index contributed by atoms with van der Waals surface area (Å²) in [7, 11) is 0. The van der Waals surface area contributed by atoms with Crippen LogP contribution in [-0.2, 0) is 37.6 Å². The van der Waals surface area contributed by atoms with Gasteiger partial charge in [-0.2, -0.15) is 0 Å². The maximum Gasteiger partial charge on any atom is 0.303 e. The third-order valence-electron chi connectivity index (χ3n) is 7.79. The van der Waals surface area contributed by atoms with Gasteiger partial charge in [0.25, 0.3) is 0 Å². The molecule has 0 atom stereocenters. The first-order valence-electron chi connectivity index (χ1n) is 16.4. The Balaban J connectivity index is 1.30. The molecule has 0 radical (unpaired) electrons. The van der Waals surface area contributed by atoms with Gasteiger partial charge in [0.15, 0.2) is 11.5 Å². The van der Waals surface area contributed by atoms with E-state index in [2.05, 4.69) is 10.3 Å².